The van der Waals surface area contributed by atoms with E-state index in [-0.39, 0.29) is 0 Å². The highest BCUT2D eigenvalue weighted by Crippen LogP contribution is 2.40. The van der Waals surface area contributed by atoms with Gasteiger partial charge in [0.15, 0.2) is 0 Å². The number of aryl methyl sites for hydroxylation is 3. The van der Waals surface area contributed by atoms with Crippen molar-refractivity contribution in [1.29, 1.82) is 0 Å². The molecule has 0 unspecified atom stereocenters. The van der Waals surface area contributed by atoms with Gasteiger partial charge in [-0.15, -0.1) is 0 Å². The Hall–Kier alpha value is -1.97. The molecule has 0 bridgehead atoms. The average molecular weight is 311 g/mol. The number of nitrogens with zero attached hydrogens (tertiary/aromatic N) is 2. The number of hydrogen-bond donors (Lipinski definition) is 1. The Morgan fingerprint density at radius 3 is 2.91 bits per heavy atom. The lowest BCUT2D eigenvalue weighted by Crippen LogP contribution is -2.34. The number of ether oxygens (including phenoxy) is 1. The fourth-order valence-corrected chi connectivity index (χ4v) is 3.94. The summed E-state index contributed by atoms with van der Waals surface area (Å²) in [7, 11) is 0. The molecule has 4 heteroatoms. The normalized spacial score (nSPS) is 16.3. The van der Waals surface area contributed by atoms with Crippen molar-refractivity contribution >= 4 is 5.69 Å². The first kappa shape index (κ1) is 14.6. The third-order valence-corrected chi connectivity index (χ3v) is 5.12. The van der Waals surface area contributed by atoms with Crippen molar-refractivity contribution in [3.8, 4) is 5.75 Å². The van der Waals surface area contributed by atoms with E-state index in [0.29, 0.717) is 0 Å². The maximum atomic E-state index is 6.15. The number of aromatic amines is 1. The molecule has 3 heterocycles. The molecular weight excluding hydrogens is 286 g/mol. The Labute approximate surface area is 137 Å². The molecule has 2 aliphatic rings. The first-order chi connectivity index (χ1) is 11.3. The Kier molecular flexibility index (Phi) is 3.98. The number of aromatic nitrogens is 2. The van der Waals surface area contributed by atoms with Crippen LogP contribution in [0, 0.1) is 6.92 Å². The molecule has 4 nitrogen and oxygen atoms in total. The van der Waals surface area contributed by atoms with Crippen molar-refractivity contribution in [2.24, 2.45) is 0 Å². The molecular formula is C19H25N3O. The van der Waals surface area contributed by atoms with Gasteiger partial charge in [-0.3, -0.25) is 0 Å². The molecule has 0 spiro atoms. The quantitative estimate of drug-likeness (QED) is 0.860. The van der Waals surface area contributed by atoms with Crippen LogP contribution < -0.4 is 9.64 Å². The van der Waals surface area contributed by atoms with Gasteiger partial charge >= 0.3 is 0 Å². The van der Waals surface area contributed by atoms with E-state index in [1.807, 2.05) is 0 Å². The van der Waals surface area contributed by atoms with Gasteiger partial charge in [-0.1, -0.05) is 6.07 Å². The molecule has 0 aliphatic carbocycles. The van der Waals surface area contributed by atoms with Crippen LogP contribution in [0.1, 0.15) is 41.8 Å². The Bertz CT molecular complexity index is 690. The van der Waals surface area contributed by atoms with Crippen LogP contribution in [0.4, 0.5) is 5.69 Å². The number of H-pyrrole nitrogens is 1. The van der Waals surface area contributed by atoms with Gasteiger partial charge in [0.1, 0.15) is 5.75 Å². The number of nitrogens with one attached hydrogen (secondary N) is 1. The van der Waals surface area contributed by atoms with Crippen LogP contribution in [0.2, 0.25) is 0 Å². The predicted molar refractivity (Wildman–Crippen MR) is 92.4 cm³/mol. The van der Waals surface area contributed by atoms with Crippen LogP contribution in [-0.4, -0.2) is 29.7 Å². The zero-order valence-corrected chi connectivity index (χ0v) is 13.9. The van der Waals surface area contributed by atoms with E-state index >= 15 is 0 Å². The average Bonchev–Trinajstić information content (AvgIpc) is 2.99. The molecule has 23 heavy (non-hydrogen) atoms. The maximum absolute atomic E-state index is 6.15. The second-order valence-electron chi connectivity index (χ2n) is 6.67. The largest absolute Gasteiger partial charge is 0.493 e. The number of benzene rings is 1. The Balaban J connectivity index is 1.43. The van der Waals surface area contributed by atoms with Gasteiger partial charge in [-0.05, 0) is 57.1 Å². The number of imidazole rings is 1. The van der Waals surface area contributed by atoms with Gasteiger partial charge in [-0.2, -0.15) is 0 Å². The molecule has 1 aromatic carbocycles. The summed E-state index contributed by atoms with van der Waals surface area (Å²) >= 11 is 0. The molecule has 0 atom stereocenters. The number of anilines is 1. The van der Waals surface area contributed by atoms with Crippen molar-refractivity contribution in [2.45, 2.75) is 45.4 Å². The molecule has 1 N–H and O–H groups in total. The minimum atomic E-state index is 0.762. The second-order valence-corrected chi connectivity index (χ2v) is 6.67. The fraction of sp³-hybridized carbons (Fsp3) is 0.526. The number of hydrogen-bond acceptors (Lipinski definition) is 3. The van der Waals surface area contributed by atoms with E-state index in [2.05, 4.69) is 33.9 Å². The van der Waals surface area contributed by atoms with Crippen molar-refractivity contribution in [3.05, 3.63) is 41.0 Å². The highest BCUT2D eigenvalue weighted by atomic mass is 16.5. The van der Waals surface area contributed by atoms with Crippen LogP contribution in [0.5, 0.6) is 5.75 Å². The summed E-state index contributed by atoms with van der Waals surface area (Å²) in [6, 6.07) is 4.48. The zero-order valence-electron chi connectivity index (χ0n) is 13.9. The van der Waals surface area contributed by atoms with E-state index in [0.717, 1.165) is 37.3 Å². The van der Waals surface area contributed by atoms with Crippen LogP contribution in [0.3, 0.4) is 0 Å². The van der Waals surface area contributed by atoms with Crippen molar-refractivity contribution < 1.29 is 4.74 Å². The first-order valence-corrected chi connectivity index (χ1v) is 8.84. The summed E-state index contributed by atoms with van der Waals surface area (Å²) in [6.45, 7) is 5.26. The summed E-state index contributed by atoms with van der Waals surface area (Å²) in [5.41, 5.74) is 6.79. The summed E-state index contributed by atoms with van der Waals surface area (Å²) in [5.74, 6) is 1.11. The molecule has 0 radical (unpaired) electrons. The lowest BCUT2D eigenvalue weighted by atomic mass is 9.91. The van der Waals surface area contributed by atoms with E-state index < -0.39 is 0 Å². The van der Waals surface area contributed by atoms with E-state index in [4.69, 9.17) is 4.74 Å². The van der Waals surface area contributed by atoms with Crippen molar-refractivity contribution in [3.63, 3.8) is 0 Å². The van der Waals surface area contributed by atoms with E-state index in [1.165, 1.54) is 54.9 Å². The highest BCUT2D eigenvalue weighted by Gasteiger charge is 2.26. The Morgan fingerprint density at radius 2 is 2.09 bits per heavy atom. The summed E-state index contributed by atoms with van der Waals surface area (Å²) in [6.07, 6.45) is 8.67. The SMILES string of the molecule is Cc1[nH]cnc1CCCOc1ccc2c3c1CCCN3CCC2. The Morgan fingerprint density at radius 1 is 1.22 bits per heavy atom. The summed E-state index contributed by atoms with van der Waals surface area (Å²) in [4.78, 5) is 10.1. The van der Waals surface area contributed by atoms with Gasteiger partial charge in [0.05, 0.1) is 18.6 Å². The summed E-state index contributed by atoms with van der Waals surface area (Å²) < 4.78 is 6.15. The van der Waals surface area contributed by atoms with Crippen LogP contribution >= 0.6 is 0 Å². The van der Waals surface area contributed by atoms with Gasteiger partial charge in [0, 0.05) is 30.0 Å². The zero-order chi connectivity index (χ0) is 15.6. The first-order valence-electron chi connectivity index (χ1n) is 8.84. The van der Waals surface area contributed by atoms with Crippen LogP contribution in [0.15, 0.2) is 18.5 Å². The molecule has 0 saturated carbocycles. The summed E-state index contributed by atoms with van der Waals surface area (Å²) in [5, 5.41) is 0. The molecule has 122 valence electrons. The van der Waals surface area contributed by atoms with Gasteiger partial charge in [0.2, 0.25) is 0 Å². The van der Waals surface area contributed by atoms with Gasteiger partial charge in [0.25, 0.3) is 0 Å². The standard InChI is InChI=1S/C19H25N3O/c1-14-17(21-13-20-14)7-4-12-23-18-9-8-15-5-2-10-22-11-3-6-16(18)19(15)22/h8-9,13H,2-7,10-12H2,1H3,(H,20,21). The van der Waals surface area contributed by atoms with Crippen molar-refractivity contribution in [1.82, 2.24) is 9.97 Å². The van der Waals surface area contributed by atoms with Crippen LogP contribution in [-0.2, 0) is 19.3 Å². The molecule has 0 fully saturated rings. The third kappa shape index (κ3) is 2.82. The molecule has 0 amide bonds. The second kappa shape index (κ2) is 6.26. The molecule has 2 aromatic rings. The lowest BCUT2D eigenvalue weighted by Gasteiger charge is -2.37. The maximum Gasteiger partial charge on any atom is 0.124 e. The highest BCUT2D eigenvalue weighted by molar-refractivity contribution is 5.67. The van der Waals surface area contributed by atoms with Crippen LogP contribution in [0.25, 0.3) is 0 Å². The van der Waals surface area contributed by atoms with E-state index in [1.54, 1.807) is 6.33 Å². The number of rotatable bonds is 5. The van der Waals surface area contributed by atoms with E-state index in [9.17, 15) is 0 Å². The van der Waals surface area contributed by atoms with Gasteiger partial charge < -0.3 is 14.6 Å². The smallest absolute Gasteiger partial charge is 0.124 e. The molecule has 2 aliphatic heterocycles. The monoisotopic (exact) mass is 311 g/mol. The molecule has 1 aromatic heterocycles. The minimum Gasteiger partial charge on any atom is -0.493 e. The van der Waals surface area contributed by atoms with Gasteiger partial charge in [-0.25, -0.2) is 4.98 Å². The molecule has 4 rings (SSSR count). The fourth-order valence-electron chi connectivity index (χ4n) is 3.94. The lowest BCUT2D eigenvalue weighted by molar-refractivity contribution is 0.306. The molecule has 0 saturated heterocycles. The van der Waals surface area contributed by atoms with Crippen molar-refractivity contribution in [2.75, 3.05) is 24.6 Å². The third-order valence-electron chi connectivity index (χ3n) is 5.12. The predicted octanol–water partition coefficient (Wildman–Crippen LogP) is 3.43. The minimum absolute atomic E-state index is 0.762. The topological polar surface area (TPSA) is 41.1 Å².